The Kier molecular flexibility index (Phi) is 5.27. The summed E-state index contributed by atoms with van der Waals surface area (Å²) in [5.74, 6) is 2.11. The van der Waals surface area contributed by atoms with Gasteiger partial charge in [-0.3, -0.25) is 4.79 Å². The first kappa shape index (κ1) is 17.8. The fourth-order valence-electron chi connectivity index (χ4n) is 3.74. The number of piperidine rings is 1. The molecule has 2 aliphatic heterocycles. The number of carbonyl (C=O) groups is 1. The summed E-state index contributed by atoms with van der Waals surface area (Å²) in [5, 5.41) is 4.10. The molecule has 0 unspecified atom stereocenters. The average Bonchev–Trinajstić information content (AvgIpc) is 3.15. The van der Waals surface area contributed by atoms with Gasteiger partial charge in [-0.1, -0.05) is 24.2 Å². The number of benzene rings is 1. The molecule has 1 amide bonds. The fourth-order valence-corrected chi connectivity index (χ4v) is 3.74. The van der Waals surface area contributed by atoms with Crippen LogP contribution in [0.15, 0.2) is 28.8 Å². The first-order chi connectivity index (χ1) is 13.2. The van der Waals surface area contributed by atoms with Crippen molar-refractivity contribution in [2.45, 2.75) is 51.7 Å². The van der Waals surface area contributed by atoms with E-state index in [0.717, 1.165) is 50.2 Å². The maximum absolute atomic E-state index is 13.0. The van der Waals surface area contributed by atoms with Gasteiger partial charge in [0, 0.05) is 19.5 Å². The van der Waals surface area contributed by atoms with Crippen LogP contribution < -0.4 is 9.64 Å². The Morgan fingerprint density at radius 2 is 2.04 bits per heavy atom. The lowest BCUT2D eigenvalue weighted by molar-refractivity contribution is -0.139. The summed E-state index contributed by atoms with van der Waals surface area (Å²) >= 11 is 0. The number of para-hydroxylation sites is 2. The van der Waals surface area contributed by atoms with Gasteiger partial charge in [-0.2, -0.15) is 4.98 Å². The van der Waals surface area contributed by atoms with Crippen LogP contribution in [0.1, 0.15) is 44.3 Å². The number of aromatic nitrogens is 2. The maximum Gasteiger partial charge on any atom is 0.265 e. The number of likely N-dealkylation sites (tertiary alicyclic amines) is 1. The predicted molar refractivity (Wildman–Crippen MR) is 101 cm³/mol. The molecule has 0 spiro atoms. The second-order valence-electron chi connectivity index (χ2n) is 7.20. The van der Waals surface area contributed by atoms with E-state index in [-0.39, 0.29) is 5.91 Å². The molecule has 2 aromatic rings. The number of ether oxygens (including phenoxy) is 1. The van der Waals surface area contributed by atoms with Crippen LogP contribution in [0.25, 0.3) is 0 Å². The molecule has 3 heterocycles. The van der Waals surface area contributed by atoms with Crippen molar-refractivity contribution in [2.75, 3.05) is 24.5 Å². The molecule has 1 aromatic heterocycles. The maximum atomic E-state index is 13.0. The van der Waals surface area contributed by atoms with Crippen LogP contribution in [0.5, 0.6) is 5.75 Å². The van der Waals surface area contributed by atoms with E-state index in [0.29, 0.717) is 24.8 Å². The Morgan fingerprint density at radius 1 is 1.22 bits per heavy atom. The van der Waals surface area contributed by atoms with Crippen molar-refractivity contribution < 1.29 is 14.1 Å². The summed E-state index contributed by atoms with van der Waals surface area (Å²) in [5.41, 5.74) is 0.960. The van der Waals surface area contributed by atoms with Gasteiger partial charge in [-0.05, 0) is 37.8 Å². The van der Waals surface area contributed by atoms with Crippen LogP contribution in [0.2, 0.25) is 0 Å². The molecular formula is C20H26N4O3. The second-order valence-corrected chi connectivity index (χ2v) is 7.20. The summed E-state index contributed by atoms with van der Waals surface area (Å²) in [7, 11) is 0. The van der Waals surface area contributed by atoms with Gasteiger partial charge in [0.15, 0.2) is 11.9 Å². The zero-order valence-corrected chi connectivity index (χ0v) is 15.8. The SMILES string of the molecule is CCCc1nc(CN2C[C@H](C(=O)N3CCCCC3)Oc3ccccc32)no1. The van der Waals surface area contributed by atoms with E-state index < -0.39 is 6.10 Å². The molecule has 1 atom stereocenters. The van der Waals surface area contributed by atoms with Gasteiger partial charge in [0.2, 0.25) is 5.89 Å². The Hall–Kier alpha value is -2.57. The average molecular weight is 370 g/mol. The zero-order chi connectivity index (χ0) is 18.6. The number of anilines is 1. The van der Waals surface area contributed by atoms with E-state index in [1.807, 2.05) is 29.2 Å². The minimum atomic E-state index is -0.500. The number of hydrogen-bond donors (Lipinski definition) is 0. The standard InChI is InChI=1S/C20H26N4O3/c1-2-8-19-21-18(22-27-19)14-24-13-17(20(25)23-11-6-3-7-12-23)26-16-10-5-4-9-15(16)24/h4-5,9-10,17H,2-3,6-8,11-14H2,1H3/t17-/m1/s1. The number of amides is 1. The Bertz CT molecular complexity index is 785. The molecule has 4 rings (SSSR count). The predicted octanol–water partition coefficient (Wildman–Crippen LogP) is 2.80. The van der Waals surface area contributed by atoms with Crippen LogP contribution in [0.3, 0.4) is 0 Å². The van der Waals surface area contributed by atoms with Crippen molar-refractivity contribution in [1.82, 2.24) is 15.0 Å². The van der Waals surface area contributed by atoms with Gasteiger partial charge in [-0.15, -0.1) is 0 Å². The lowest BCUT2D eigenvalue weighted by Crippen LogP contribution is -2.51. The van der Waals surface area contributed by atoms with Gasteiger partial charge < -0.3 is 19.1 Å². The van der Waals surface area contributed by atoms with Crippen molar-refractivity contribution in [3.05, 3.63) is 36.0 Å². The van der Waals surface area contributed by atoms with E-state index in [4.69, 9.17) is 9.26 Å². The van der Waals surface area contributed by atoms with Crippen molar-refractivity contribution in [1.29, 1.82) is 0 Å². The van der Waals surface area contributed by atoms with Crippen LogP contribution in [-0.4, -0.2) is 46.7 Å². The highest BCUT2D eigenvalue weighted by molar-refractivity contribution is 5.83. The molecule has 0 N–H and O–H groups in total. The van der Waals surface area contributed by atoms with E-state index in [2.05, 4.69) is 22.0 Å². The highest BCUT2D eigenvalue weighted by Crippen LogP contribution is 2.34. The number of hydrogen-bond acceptors (Lipinski definition) is 6. The molecule has 7 heteroatoms. The molecule has 1 saturated heterocycles. The highest BCUT2D eigenvalue weighted by Gasteiger charge is 2.34. The lowest BCUT2D eigenvalue weighted by Gasteiger charge is -2.37. The molecule has 27 heavy (non-hydrogen) atoms. The largest absolute Gasteiger partial charge is 0.477 e. The number of carbonyl (C=O) groups excluding carboxylic acids is 1. The molecule has 144 valence electrons. The normalized spacial score (nSPS) is 19.5. The van der Waals surface area contributed by atoms with E-state index in [9.17, 15) is 4.79 Å². The van der Waals surface area contributed by atoms with Gasteiger partial charge >= 0.3 is 0 Å². The molecule has 2 aliphatic rings. The smallest absolute Gasteiger partial charge is 0.265 e. The molecule has 7 nitrogen and oxygen atoms in total. The minimum Gasteiger partial charge on any atom is -0.477 e. The van der Waals surface area contributed by atoms with E-state index in [1.165, 1.54) is 6.42 Å². The Balaban J connectivity index is 1.53. The van der Waals surface area contributed by atoms with Gasteiger partial charge in [-0.25, -0.2) is 0 Å². The molecule has 1 aromatic carbocycles. The molecule has 0 radical (unpaired) electrons. The third-order valence-electron chi connectivity index (χ3n) is 5.11. The number of rotatable bonds is 5. The van der Waals surface area contributed by atoms with Crippen molar-refractivity contribution in [3.8, 4) is 5.75 Å². The molecule has 0 bridgehead atoms. The highest BCUT2D eigenvalue weighted by atomic mass is 16.5. The summed E-state index contributed by atoms with van der Waals surface area (Å²) in [6.45, 7) is 4.72. The Morgan fingerprint density at radius 3 is 2.85 bits per heavy atom. The third kappa shape index (κ3) is 3.91. The monoisotopic (exact) mass is 370 g/mol. The summed E-state index contributed by atoms with van der Waals surface area (Å²) < 4.78 is 11.4. The zero-order valence-electron chi connectivity index (χ0n) is 15.8. The van der Waals surface area contributed by atoms with Crippen molar-refractivity contribution in [2.24, 2.45) is 0 Å². The van der Waals surface area contributed by atoms with Gasteiger partial charge in [0.1, 0.15) is 5.75 Å². The third-order valence-corrected chi connectivity index (χ3v) is 5.11. The van der Waals surface area contributed by atoms with E-state index >= 15 is 0 Å². The molecule has 1 fully saturated rings. The van der Waals surface area contributed by atoms with E-state index in [1.54, 1.807) is 0 Å². The minimum absolute atomic E-state index is 0.0778. The topological polar surface area (TPSA) is 71.7 Å². The van der Waals surface area contributed by atoms with Crippen LogP contribution in [0.4, 0.5) is 5.69 Å². The first-order valence-corrected chi connectivity index (χ1v) is 9.85. The van der Waals surface area contributed by atoms with Crippen LogP contribution >= 0.6 is 0 Å². The van der Waals surface area contributed by atoms with Crippen LogP contribution in [-0.2, 0) is 17.8 Å². The summed E-state index contributed by atoms with van der Waals surface area (Å²) in [6, 6.07) is 7.82. The molecule has 0 saturated carbocycles. The number of nitrogens with zero attached hydrogens (tertiary/aromatic N) is 4. The quantitative estimate of drug-likeness (QED) is 0.806. The summed E-state index contributed by atoms with van der Waals surface area (Å²) in [6.07, 6.45) is 4.59. The van der Waals surface area contributed by atoms with Gasteiger partial charge in [0.05, 0.1) is 18.8 Å². The Labute approximate surface area is 159 Å². The second kappa shape index (κ2) is 7.98. The van der Waals surface area contributed by atoms with Crippen molar-refractivity contribution >= 4 is 11.6 Å². The van der Waals surface area contributed by atoms with Crippen molar-refractivity contribution in [3.63, 3.8) is 0 Å². The fraction of sp³-hybridized carbons (Fsp3) is 0.550. The molecule has 0 aliphatic carbocycles. The first-order valence-electron chi connectivity index (χ1n) is 9.85. The van der Waals surface area contributed by atoms with Gasteiger partial charge in [0.25, 0.3) is 5.91 Å². The summed E-state index contributed by atoms with van der Waals surface area (Å²) in [4.78, 5) is 21.5. The molecular weight excluding hydrogens is 344 g/mol. The number of fused-ring (bicyclic) bond motifs is 1. The lowest BCUT2D eigenvalue weighted by atomic mass is 10.1. The number of aryl methyl sites for hydroxylation is 1. The van der Waals surface area contributed by atoms with Crippen LogP contribution in [0, 0.1) is 0 Å².